The minimum absolute atomic E-state index is 0.00319. The van der Waals surface area contributed by atoms with E-state index < -0.39 is 12.8 Å². The molecule has 0 spiro atoms. The van der Waals surface area contributed by atoms with E-state index in [4.69, 9.17) is 5.73 Å². The minimum atomic E-state index is -4.29. The Hall–Kier alpha value is -0.600. The molecule has 20 heavy (non-hydrogen) atoms. The third-order valence-corrected chi connectivity index (χ3v) is 3.77. The smallest absolute Gasteiger partial charge is 0.372 e. The number of aryl methyl sites for hydroxylation is 2. The quantitative estimate of drug-likeness (QED) is 0.763. The molecule has 2 N–H and O–H groups in total. The topological polar surface area (TPSA) is 53.1 Å². The van der Waals surface area contributed by atoms with Crippen molar-refractivity contribution in [1.82, 2.24) is 9.78 Å². The molecular formula is C12H19BrF3N3O. The maximum absolute atomic E-state index is 11.9. The molecule has 0 saturated carbocycles. The zero-order valence-corrected chi connectivity index (χ0v) is 13.1. The summed E-state index contributed by atoms with van der Waals surface area (Å²) in [6.07, 6.45) is -2.57. The van der Waals surface area contributed by atoms with Crippen LogP contribution in [-0.2, 0) is 24.6 Å². The maximum atomic E-state index is 11.9. The molecule has 1 rings (SSSR count). The van der Waals surface area contributed by atoms with Crippen LogP contribution in [0.1, 0.15) is 24.7 Å². The van der Waals surface area contributed by atoms with Crippen LogP contribution in [0.2, 0.25) is 0 Å². The first kappa shape index (κ1) is 17.5. The van der Waals surface area contributed by atoms with Crippen molar-refractivity contribution in [2.24, 2.45) is 12.8 Å². The van der Waals surface area contributed by atoms with Gasteiger partial charge in [0.25, 0.3) is 0 Å². The van der Waals surface area contributed by atoms with Gasteiger partial charge in [0, 0.05) is 26.1 Å². The van der Waals surface area contributed by atoms with Crippen molar-refractivity contribution in [3.8, 4) is 0 Å². The highest BCUT2D eigenvalue weighted by molar-refractivity contribution is 9.10. The first-order valence-corrected chi connectivity index (χ1v) is 7.14. The van der Waals surface area contributed by atoms with E-state index in [-0.39, 0.29) is 12.6 Å². The molecule has 1 unspecified atom stereocenters. The van der Waals surface area contributed by atoms with E-state index in [1.165, 1.54) is 0 Å². The van der Waals surface area contributed by atoms with Gasteiger partial charge in [-0.05, 0) is 28.8 Å². The summed E-state index contributed by atoms with van der Waals surface area (Å²) >= 11 is 3.48. The van der Waals surface area contributed by atoms with E-state index in [0.717, 1.165) is 22.3 Å². The Morgan fingerprint density at radius 1 is 1.45 bits per heavy atom. The number of nitrogens with zero attached hydrogens (tertiary/aromatic N) is 2. The Bertz CT molecular complexity index is 434. The second kappa shape index (κ2) is 7.42. The molecule has 0 aliphatic heterocycles. The van der Waals surface area contributed by atoms with E-state index in [0.29, 0.717) is 12.8 Å². The predicted molar refractivity (Wildman–Crippen MR) is 73.5 cm³/mol. The molecule has 0 aromatic carbocycles. The summed E-state index contributed by atoms with van der Waals surface area (Å²) in [5.74, 6) is 0. The van der Waals surface area contributed by atoms with Crippen LogP contribution in [0.3, 0.4) is 0 Å². The van der Waals surface area contributed by atoms with Gasteiger partial charge in [-0.15, -0.1) is 0 Å². The summed E-state index contributed by atoms with van der Waals surface area (Å²) < 4.78 is 42.9. The summed E-state index contributed by atoms with van der Waals surface area (Å²) in [6, 6.07) is -0.264. The third-order valence-electron chi connectivity index (χ3n) is 2.86. The number of hydrogen-bond donors (Lipinski definition) is 1. The molecule has 0 aliphatic carbocycles. The molecule has 1 heterocycles. The molecule has 0 amide bonds. The lowest BCUT2D eigenvalue weighted by atomic mass is 10.1. The van der Waals surface area contributed by atoms with Gasteiger partial charge in [0.15, 0.2) is 0 Å². The van der Waals surface area contributed by atoms with Gasteiger partial charge in [-0.25, -0.2) is 0 Å². The first-order valence-electron chi connectivity index (χ1n) is 6.35. The molecule has 0 fully saturated rings. The Kier molecular flexibility index (Phi) is 6.47. The summed E-state index contributed by atoms with van der Waals surface area (Å²) in [5.41, 5.74) is 7.82. The molecule has 0 bridgehead atoms. The summed E-state index contributed by atoms with van der Waals surface area (Å²) in [5, 5.41) is 4.34. The molecule has 0 saturated heterocycles. The van der Waals surface area contributed by atoms with Gasteiger partial charge in [0.1, 0.15) is 6.61 Å². The van der Waals surface area contributed by atoms with Crippen LogP contribution in [0.5, 0.6) is 0 Å². The number of nitrogens with two attached hydrogens (primary N) is 1. The van der Waals surface area contributed by atoms with Crippen LogP contribution in [0.25, 0.3) is 0 Å². The summed E-state index contributed by atoms with van der Waals surface area (Å²) in [4.78, 5) is 0. The molecule has 1 atom stereocenters. The number of rotatable bonds is 7. The van der Waals surface area contributed by atoms with Crippen LogP contribution >= 0.6 is 15.9 Å². The van der Waals surface area contributed by atoms with Crippen molar-refractivity contribution in [2.45, 2.75) is 38.4 Å². The largest absolute Gasteiger partial charge is 0.411 e. The van der Waals surface area contributed by atoms with Crippen molar-refractivity contribution in [3.05, 3.63) is 15.9 Å². The van der Waals surface area contributed by atoms with Crippen LogP contribution in [0.4, 0.5) is 13.2 Å². The van der Waals surface area contributed by atoms with Gasteiger partial charge in [-0.3, -0.25) is 4.68 Å². The molecule has 4 nitrogen and oxygen atoms in total. The molecule has 1 aromatic rings. The molecule has 0 aliphatic rings. The first-order chi connectivity index (χ1) is 9.24. The van der Waals surface area contributed by atoms with Gasteiger partial charge in [0.05, 0.1) is 15.9 Å². The van der Waals surface area contributed by atoms with Crippen LogP contribution < -0.4 is 5.73 Å². The van der Waals surface area contributed by atoms with E-state index in [9.17, 15) is 13.2 Å². The van der Waals surface area contributed by atoms with Gasteiger partial charge < -0.3 is 10.5 Å². The summed E-state index contributed by atoms with van der Waals surface area (Å²) in [7, 11) is 1.83. The second-order valence-electron chi connectivity index (χ2n) is 4.61. The molecular weight excluding hydrogens is 339 g/mol. The zero-order valence-electron chi connectivity index (χ0n) is 11.5. The number of halogens is 4. The van der Waals surface area contributed by atoms with Crippen molar-refractivity contribution in [3.63, 3.8) is 0 Å². The predicted octanol–water partition coefficient (Wildman–Crippen LogP) is 2.58. The molecule has 1 aromatic heterocycles. The lowest BCUT2D eigenvalue weighted by Gasteiger charge is -2.13. The van der Waals surface area contributed by atoms with Crippen molar-refractivity contribution in [2.75, 3.05) is 13.2 Å². The SMILES string of the molecule is CCc1nn(C)c(CC(N)CCOCC(F)(F)F)c1Br. The van der Waals surface area contributed by atoms with Gasteiger partial charge in [-0.1, -0.05) is 6.92 Å². The van der Waals surface area contributed by atoms with Crippen molar-refractivity contribution >= 4 is 15.9 Å². The molecule has 0 radical (unpaired) electrons. The fourth-order valence-electron chi connectivity index (χ4n) is 1.81. The van der Waals surface area contributed by atoms with Crippen molar-refractivity contribution in [1.29, 1.82) is 0 Å². The Morgan fingerprint density at radius 3 is 2.60 bits per heavy atom. The minimum Gasteiger partial charge on any atom is -0.372 e. The van der Waals surface area contributed by atoms with Crippen LogP contribution in [0, 0.1) is 0 Å². The normalized spacial score (nSPS) is 13.8. The Morgan fingerprint density at radius 2 is 2.10 bits per heavy atom. The van der Waals surface area contributed by atoms with E-state index in [2.05, 4.69) is 25.8 Å². The van der Waals surface area contributed by atoms with Gasteiger partial charge in [-0.2, -0.15) is 18.3 Å². The molecule has 8 heteroatoms. The fourth-order valence-corrected chi connectivity index (χ4v) is 2.59. The van der Waals surface area contributed by atoms with Gasteiger partial charge >= 0.3 is 6.18 Å². The number of ether oxygens (including phenoxy) is 1. The van der Waals surface area contributed by atoms with Gasteiger partial charge in [0.2, 0.25) is 0 Å². The Labute approximate surface area is 124 Å². The maximum Gasteiger partial charge on any atom is 0.411 e. The van der Waals surface area contributed by atoms with E-state index >= 15 is 0 Å². The van der Waals surface area contributed by atoms with E-state index in [1.54, 1.807) is 4.68 Å². The highest BCUT2D eigenvalue weighted by atomic mass is 79.9. The highest BCUT2D eigenvalue weighted by Crippen LogP contribution is 2.23. The Balaban J connectivity index is 2.43. The lowest BCUT2D eigenvalue weighted by Crippen LogP contribution is -2.27. The third kappa shape index (κ3) is 5.41. The molecule has 116 valence electrons. The zero-order chi connectivity index (χ0) is 15.3. The van der Waals surface area contributed by atoms with Crippen LogP contribution in [0.15, 0.2) is 4.47 Å². The highest BCUT2D eigenvalue weighted by Gasteiger charge is 2.27. The fraction of sp³-hybridized carbons (Fsp3) is 0.750. The summed E-state index contributed by atoms with van der Waals surface area (Å²) in [6.45, 7) is 0.771. The van der Waals surface area contributed by atoms with E-state index in [1.807, 2.05) is 14.0 Å². The second-order valence-corrected chi connectivity index (χ2v) is 5.40. The average molecular weight is 358 g/mol. The standard InChI is InChI=1S/C12H19BrF3N3O/c1-3-9-11(13)10(19(2)18-9)6-8(17)4-5-20-7-12(14,15)16/h8H,3-7,17H2,1-2H3. The monoisotopic (exact) mass is 357 g/mol. The average Bonchev–Trinajstić information content (AvgIpc) is 2.61. The number of hydrogen-bond acceptors (Lipinski definition) is 3. The lowest BCUT2D eigenvalue weighted by molar-refractivity contribution is -0.174. The van der Waals surface area contributed by atoms with Crippen molar-refractivity contribution < 1.29 is 17.9 Å². The number of aromatic nitrogens is 2. The number of alkyl halides is 3. The van der Waals surface area contributed by atoms with Crippen LogP contribution in [-0.4, -0.2) is 35.2 Å².